The molecule has 4 aromatic carbocycles. The molecule has 6 rings (SSSR count). The second-order valence-corrected chi connectivity index (χ2v) is 10.5. The summed E-state index contributed by atoms with van der Waals surface area (Å²) in [5, 5.41) is 8.13. The lowest BCUT2D eigenvalue weighted by molar-refractivity contribution is -0.116. The third-order valence-corrected chi connectivity index (χ3v) is 7.34. The molecule has 6 aromatic rings. The number of hydrogen-bond donors (Lipinski definition) is 2. The van der Waals surface area contributed by atoms with Crippen molar-refractivity contribution in [3.63, 3.8) is 0 Å². The first-order chi connectivity index (χ1) is 21.0. The van der Waals surface area contributed by atoms with Crippen LogP contribution in [0.4, 0.5) is 5.69 Å². The number of rotatable bonds is 8. The Balaban J connectivity index is 1.15. The second kappa shape index (κ2) is 12.0. The smallest absolute Gasteiger partial charge is 0.271 e. The number of amides is 2. The van der Waals surface area contributed by atoms with Crippen molar-refractivity contribution >= 4 is 34.6 Å². The van der Waals surface area contributed by atoms with Gasteiger partial charge in [-0.2, -0.15) is 5.10 Å². The first-order valence-corrected chi connectivity index (χ1v) is 14.1. The molecule has 0 bridgehead atoms. The number of nitrogens with zero attached hydrogens (tertiary/aromatic N) is 3. The minimum Gasteiger partial charge on any atom is -0.337 e. The number of para-hydroxylation sites is 1. The topological polar surface area (TPSA) is 80.4 Å². The molecule has 0 aliphatic carbocycles. The largest absolute Gasteiger partial charge is 0.337 e. The van der Waals surface area contributed by atoms with Crippen LogP contribution in [0, 0.1) is 13.8 Å². The third kappa shape index (κ3) is 6.01. The summed E-state index contributed by atoms with van der Waals surface area (Å²) in [7, 11) is 0. The molecule has 0 atom stereocenters. The van der Waals surface area contributed by atoms with Gasteiger partial charge in [0.05, 0.1) is 11.9 Å². The van der Waals surface area contributed by atoms with Crippen molar-refractivity contribution in [2.75, 3.05) is 5.32 Å². The van der Waals surface area contributed by atoms with E-state index in [1.54, 1.807) is 18.3 Å². The molecule has 212 valence electrons. The van der Waals surface area contributed by atoms with Crippen LogP contribution in [0.1, 0.15) is 27.2 Å². The van der Waals surface area contributed by atoms with Crippen LogP contribution in [0.25, 0.3) is 27.8 Å². The Morgan fingerprint density at radius 2 is 1.58 bits per heavy atom. The van der Waals surface area contributed by atoms with Crippen molar-refractivity contribution in [3.8, 4) is 16.9 Å². The molecule has 0 radical (unpaired) electrons. The summed E-state index contributed by atoms with van der Waals surface area (Å²) in [5.74, 6) is -0.436. The van der Waals surface area contributed by atoms with E-state index in [1.165, 1.54) is 0 Å². The van der Waals surface area contributed by atoms with Crippen molar-refractivity contribution in [2.24, 2.45) is 5.10 Å². The van der Waals surface area contributed by atoms with Crippen LogP contribution in [0.3, 0.4) is 0 Å². The quantitative estimate of drug-likeness (QED) is 0.152. The molecule has 2 amide bonds. The maximum absolute atomic E-state index is 12.9. The summed E-state index contributed by atoms with van der Waals surface area (Å²) in [6.07, 6.45) is 3.48. The van der Waals surface area contributed by atoms with E-state index in [2.05, 4.69) is 51.6 Å². The summed E-state index contributed by atoms with van der Waals surface area (Å²) in [4.78, 5) is 25.7. The number of carbonyl (C=O) groups is 2. The number of carbonyl (C=O) groups excluding carboxylic acids is 2. The van der Waals surface area contributed by atoms with E-state index < -0.39 is 0 Å². The average molecular weight is 566 g/mol. The fourth-order valence-electron chi connectivity index (χ4n) is 5.29. The maximum Gasteiger partial charge on any atom is 0.271 e. The first kappa shape index (κ1) is 27.5. The van der Waals surface area contributed by atoms with Gasteiger partial charge in [-0.3, -0.25) is 9.59 Å². The molecular weight excluding hydrogens is 534 g/mol. The summed E-state index contributed by atoms with van der Waals surface area (Å²) < 4.78 is 4.06. The molecule has 0 saturated carbocycles. The molecule has 0 saturated heterocycles. The third-order valence-electron chi connectivity index (χ3n) is 7.34. The van der Waals surface area contributed by atoms with E-state index in [4.69, 9.17) is 0 Å². The number of benzene rings is 4. The molecule has 0 aliphatic heterocycles. The predicted octanol–water partition coefficient (Wildman–Crippen LogP) is 7.12. The minimum absolute atomic E-state index is 0.127. The van der Waals surface area contributed by atoms with Gasteiger partial charge in [0.15, 0.2) is 0 Å². The lowest BCUT2D eigenvalue weighted by Gasteiger charge is -2.12. The first-order valence-electron chi connectivity index (χ1n) is 14.1. The SMILES string of the molecule is Cc1cccc(NC(=O)Cn2cc(/C=N/NC(=O)c3ccc(-n4c(C)ccc4-c4ccccc4)cc3)c3ccccc32)c1. The Labute approximate surface area is 250 Å². The van der Waals surface area contributed by atoms with E-state index in [0.29, 0.717) is 5.56 Å². The van der Waals surface area contributed by atoms with Crippen LogP contribution >= 0.6 is 0 Å². The molecule has 2 aromatic heterocycles. The fourth-order valence-corrected chi connectivity index (χ4v) is 5.29. The number of aryl methyl sites for hydroxylation is 2. The number of nitrogens with one attached hydrogen (secondary N) is 2. The zero-order valence-electron chi connectivity index (χ0n) is 24.0. The molecule has 43 heavy (non-hydrogen) atoms. The van der Waals surface area contributed by atoms with Crippen molar-refractivity contribution in [2.45, 2.75) is 20.4 Å². The Morgan fingerprint density at radius 3 is 2.37 bits per heavy atom. The molecule has 0 fully saturated rings. The second-order valence-electron chi connectivity index (χ2n) is 10.5. The highest BCUT2D eigenvalue weighted by Crippen LogP contribution is 2.26. The molecule has 2 N–H and O–H groups in total. The molecule has 7 heteroatoms. The summed E-state index contributed by atoms with van der Waals surface area (Å²) in [6.45, 7) is 4.20. The molecule has 2 heterocycles. The van der Waals surface area contributed by atoms with E-state index in [1.807, 2.05) is 96.6 Å². The van der Waals surface area contributed by atoms with Gasteiger partial charge in [0.2, 0.25) is 5.91 Å². The monoisotopic (exact) mass is 565 g/mol. The van der Waals surface area contributed by atoms with Gasteiger partial charge in [-0.1, -0.05) is 60.7 Å². The van der Waals surface area contributed by atoms with Crippen LogP contribution < -0.4 is 10.7 Å². The zero-order valence-corrected chi connectivity index (χ0v) is 24.0. The van der Waals surface area contributed by atoms with Crippen LogP contribution in [0.5, 0.6) is 0 Å². The summed E-state index contributed by atoms with van der Waals surface area (Å²) >= 11 is 0. The lowest BCUT2D eigenvalue weighted by Crippen LogP contribution is -2.18. The fraction of sp³-hybridized carbons (Fsp3) is 0.0833. The van der Waals surface area contributed by atoms with Crippen LogP contribution in [0.15, 0.2) is 127 Å². The summed E-state index contributed by atoms with van der Waals surface area (Å²) in [5.41, 5.74) is 11.0. The lowest BCUT2D eigenvalue weighted by atomic mass is 10.1. The van der Waals surface area contributed by atoms with Gasteiger partial charge >= 0.3 is 0 Å². The van der Waals surface area contributed by atoms with Gasteiger partial charge in [0, 0.05) is 45.3 Å². The number of hydrazone groups is 1. The standard InChI is InChI=1S/C36H31N5O2/c1-25-9-8-12-30(21-25)38-35(42)24-40-23-29(32-13-6-7-14-34(32)40)22-37-39-36(43)28-16-18-31(19-17-28)41-26(2)15-20-33(41)27-10-4-3-5-11-27/h3-23H,24H2,1-2H3,(H,38,42)(H,39,43)/b37-22+. The van der Waals surface area contributed by atoms with E-state index in [-0.39, 0.29) is 18.4 Å². The van der Waals surface area contributed by atoms with Gasteiger partial charge in [-0.15, -0.1) is 0 Å². The van der Waals surface area contributed by atoms with Gasteiger partial charge in [0.1, 0.15) is 6.54 Å². The predicted molar refractivity (Wildman–Crippen MR) is 173 cm³/mol. The highest BCUT2D eigenvalue weighted by molar-refractivity contribution is 6.01. The van der Waals surface area contributed by atoms with Gasteiger partial charge < -0.3 is 14.5 Å². The number of fused-ring (bicyclic) bond motifs is 1. The van der Waals surface area contributed by atoms with E-state index in [9.17, 15) is 9.59 Å². The van der Waals surface area contributed by atoms with Gasteiger partial charge in [-0.25, -0.2) is 5.43 Å². The van der Waals surface area contributed by atoms with Crippen molar-refractivity contribution in [3.05, 3.63) is 144 Å². The Morgan fingerprint density at radius 1 is 0.814 bits per heavy atom. The molecular formula is C36H31N5O2. The highest BCUT2D eigenvalue weighted by atomic mass is 16.2. The van der Waals surface area contributed by atoms with Gasteiger partial charge in [0.25, 0.3) is 5.91 Å². The van der Waals surface area contributed by atoms with Crippen molar-refractivity contribution < 1.29 is 9.59 Å². The summed E-state index contributed by atoms with van der Waals surface area (Å²) in [6, 6.07) is 37.4. The van der Waals surface area contributed by atoms with E-state index >= 15 is 0 Å². The minimum atomic E-state index is -0.309. The Bertz CT molecular complexity index is 1950. The number of hydrogen-bond acceptors (Lipinski definition) is 3. The van der Waals surface area contributed by atoms with Crippen molar-refractivity contribution in [1.82, 2.24) is 14.6 Å². The van der Waals surface area contributed by atoms with Gasteiger partial charge in [-0.05, 0) is 79.6 Å². The Kier molecular flexibility index (Phi) is 7.70. The maximum atomic E-state index is 12.9. The van der Waals surface area contributed by atoms with E-state index in [0.717, 1.165) is 50.4 Å². The number of anilines is 1. The Hall–Kier alpha value is -5.69. The average Bonchev–Trinajstić information content (AvgIpc) is 3.57. The van der Waals surface area contributed by atoms with Crippen LogP contribution in [-0.2, 0) is 11.3 Å². The molecule has 0 spiro atoms. The zero-order chi connectivity index (χ0) is 29.8. The molecule has 0 aliphatic rings. The normalized spacial score (nSPS) is 11.2. The highest BCUT2D eigenvalue weighted by Gasteiger charge is 2.13. The van der Waals surface area contributed by atoms with Crippen molar-refractivity contribution in [1.29, 1.82) is 0 Å². The molecule has 0 unspecified atom stereocenters. The number of aromatic nitrogens is 2. The molecule has 7 nitrogen and oxygen atoms in total. The van der Waals surface area contributed by atoms with Crippen LogP contribution in [-0.4, -0.2) is 27.2 Å². The van der Waals surface area contributed by atoms with Crippen LogP contribution in [0.2, 0.25) is 0 Å².